The number of nitrogens with one attached hydrogen (secondary N) is 1. The van der Waals surface area contributed by atoms with Gasteiger partial charge in [-0.2, -0.15) is 0 Å². The van der Waals surface area contributed by atoms with E-state index in [-0.39, 0.29) is 5.60 Å². The van der Waals surface area contributed by atoms with E-state index in [1.54, 1.807) is 7.11 Å². The highest BCUT2D eigenvalue weighted by Gasteiger charge is 2.03. The molecule has 1 rings (SSSR count). The zero-order chi connectivity index (χ0) is 8.74. The first-order chi connectivity index (χ1) is 5.06. The summed E-state index contributed by atoms with van der Waals surface area (Å²) in [5, 5.41) is 3.22. The molecule has 0 amide bonds. The van der Waals surface area contributed by atoms with Crippen LogP contribution < -0.4 is 5.32 Å². The van der Waals surface area contributed by atoms with Crippen molar-refractivity contribution in [1.82, 2.24) is 5.32 Å². The molecule has 0 aromatic rings. The fourth-order valence-electron chi connectivity index (χ4n) is 0.625. The minimum absolute atomic E-state index is 0.0417. The van der Waals surface area contributed by atoms with E-state index in [9.17, 15) is 0 Å². The molecule has 0 spiro atoms. The standard InChI is InChI=1S/C5H12O.C4H9N/c1-5(2,3)6-4;1-2-4-5-3-1/h1-4H3;5H,1-4H2. The van der Waals surface area contributed by atoms with Crippen LogP contribution in [-0.4, -0.2) is 25.8 Å². The summed E-state index contributed by atoms with van der Waals surface area (Å²) in [6.07, 6.45) is 2.78. The molecule has 0 aromatic heterocycles. The summed E-state index contributed by atoms with van der Waals surface area (Å²) in [7, 11) is 1.71. The van der Waals surface area contributed by atoms with Crippen molar-refractivity contribution in [2.75, 3.05) is 20.2 Å². The molecule has 1 N–H and O–H groups in total. The van der Waals surface area contributed by atoms with E-state index in [4.69, 9.17) is 4.74 Å². The Morgan fingerprint density at radius 1 is 1.09 bits per heavy atom. The lowest BCUT2D eigenvalue weighted by atomic mass is 10.2. The van der Waals surface area contributed by atoms with E-state index in [2.05, 4.69) is 5.32 Å². The third-order valence-electron chi connectivity index (χ3n) is 1.57. The molecule has 0 unspecified atom stereocenters. The summed E-state index contributed by atoms with van der Waals surface area (Å²) >= 11 is 0. The first-order valence-corrected chi connectivity index (χ1v) is 4.32. The average Bonchev–Trinajstić information content (AvgIpc) is 2.41. The molecule has 0 aliphatic carbocycles. The number of hydrogen-bond donors (Lipinski definition) is 1. The van der Waals surface area contributed by atoms with Crippen LogP contribution in [0.15, 0.2) is 0 Å². The first kappa shape index (κ1) is 10.9. The molecule has 2 heteroatoms. The zero-order valence-electron chi connectivity index (χ0n) is 8.24. The molecular formula is C9H21NO. The minimum atomic E-state index is 0.0417. The van der Waals surface area contributed by atoms with E-state index >= 15 is 0 Å². The van der Waals surface area contributed by atoms with Crippen molar-refractivity contribution < 1.29 is 4.74 Å². The van der Waals surface area contributed by atoms with Crippen LogP contribution in [0.4, 0.5) is 0 Å². The Hall–Kier alpha value is -0.0800. The van der Waals surface area contributed by atoms with E-state index in [1.165, 1.54) is 25.9 Å². The summed E-state index contributed by atoms with van der Waals surface area (Å²) in [6, 6.07) is 0. The second kappa shape index (κ2) is 5.56. The third-order valence-corrected chi connectivity index (χ3v) is 1.57. The Morgan fingerprint density at radius 2 is 1.45 bits per heavy atom. The van der Waals surface area contributed by atoms with Crippen LogP contribution in [0.1, 0.15) is 33.6 Å². The molecule has 11 heavy (non-hydrogen) atoms. The number of rotatable bonds is 0. The predicted molar refractivity (Wildman–Crippen MR) is 48.9 cm³/mol. The van der Waals surface area contributed by atoms with Crippen molar-refractivity contribution in [3.8, 4) is 0 Å². The number of methoxy groups -OCH3 is 1. The van der Waals surface area contributed by atoms with E-state index in [0.29, 0.717) is 0 Å². The highest BCUT2D eigenvalue weighted by molar-refractivity contribution is 4.55. The summed E-state index contributed by atoms with van der Waals surface area (Å²) < 4.78 is 4.94. The summed E-state index contributed by atoms with van der Waals surface area (Å²) in [5.41, 5.74) is 0.0417. The average molecular weight is 159 g/mol. The van der Waals surface area contributed by atoms with Gasteiger partial charge in [-0.1, -0.05) is 0 Å². The largest absolute Gasteiger partial charge is 0.379 e. The molecule has 1 aliphatic rings. The van der Waals surface area contributed by atoms with Gasteiger partial charge in [0.1, 0.15) is 0 Å². The molecule has 68 valence electrons. The van der Waals surface area contributed by atoms with Gasteiger partial charge in [-0.05, 0) is 46.7 Å². The van der Waals surface area contributed by atoms with Crippen molar-refractivity contribution >= 4 is 0 Å². The fourth-order valence-corrected chi connectivity index (χ4v) is 0.625. The quantitative estimate of drug-likeness (QED) is 0.582. The van der Waals surface area contributed by atoms with Crippen LogP contribution in [0, 0.1) is 0 Å². The van der Waals surface area contributed by atoms with Crippen LogP contribution in [0.25, 0.3) is 0 Å². The van der Waals surface area contributed by atoms with Crippen molar-refractivity contribution in [2.24, 2.45) is 0 Å². The molecule has 0 saturated carbocycles. The van der Waals surface area contributed by atoms with Gasteiger partial charge in [0.2, 0.25) is 0 Å². The Labute approximate surface area is 70.3 Å². The van der Waals surface area contributed by atoms with Gasteiger partial charge in [-0.15, -0.1) is 0 Å². The fraction of sp³-hybridized carbons (Fsp3) is 1.00. The molecule has 0 bridgehead atoms. The smallest absolute Gasteiger partial charge is 0.0594 e. The van der Waals surface area contributed by atoms with Gasteiger partial charge in [0.25, 0.3) is 0 Å². The molecular weight excluding hydrogens is 138 g/mol. The molecule has 2 nitrogen and oxygen atoms in total. The van der Waals surface area contributed by atoms with Gasteiger partial charge in [-0.25, -0.2) is 0 Å². The summed E-state index contributed by atoms with van der Waals surface area (Å²) in [6.45, 7) is 8.56. The molecule has 1 fully saturated rings. The maximum absolute atomic E-state index is 4.94. The highest BCUT2D eigenvalue weighted by atomic mass is 16.5. The normalized spacial score (nSPS) is 17.5. The Bertz CT molecular complexity index is 74.4. The van der Waals surface area contributed by atoms with Crippen LogP contribution in [0.2, 0.25) is 0 Å². The second-order valence-corrected chi connectivity index (χ2v) is 3.77. The SMILES string of the molecule is C1CCNC1.COC(C)(C)C. The Kier molecular flexibility index (Phi) is 5.51. The maximum atomic E-state index is 4.94. The van der Waals surface area contributed by atoms with Crippen molar-refractivity contribution in [3.05, 3.63) is 0 Å². The van der Waals surface area contributed by atoms with Crippen molar-refractivity contribution in [2.45, 2.75) is 39.2 Å². The molecule has 0 radical (unpaired) electrons. The molecule has 1 aliphatic heterocycles. The lowest BCUT2D eigenvalue weighted by molar-refractivity contribution is 0.0397. The topological polar surface area (TPSA) is 21.3 Å². The Balaban J connectivity index is 0.000000183. The van der Waals surface area contributed by atoms with Crippen molar-refractivity contribution in [3.63, 3.8) is 0 Å². The zero-order valence-corrected chi connectivity index (χ0v) is 8.24. The van der Waals surface area contributed by atoms with Gasteiger partial charge in [-0.3, -0.25) is 0 Å². The van der Waals surface area contributed by atoms with E-state index < -0.39 is 0 Å². The van der Waals surface area contributed by atoms with Crippen LogP contribution >= 0.6 is 0 Å². The first-order valence-electron chi connectivity index (χ1n) is 4.32. The van der Waals surface area contributed by atoms with E-state index in [0.717, 1.165) is 0 Å². The van der Waals surface area contributed by atoms with Gasteiger partial charge in [0.05, 0.1) is 5.60 Å². The van der Waals surface area contributed by atoms with Crippen LogP contribution in [-0.2, 0) is 4.74 Å². The Morgan fingerprint density at radius 3 is 1.55 bits per heavy atom. The monoisotopic (exact) mass is 159 g/mol. The van der Waals surface area contributed by atoms with Gasteiger partial charge < -0.3 is 10.1 Å². The maximum Gasteiger partial charge on any atom is 0.0594 e. The van der Waals surface area contributed by atoms with Gasteiger partial charge >= 0.3 is 0 Å². The van der Waals surface area contributed by atoms with E-state index in [1.807, 2.05) is 20.8 Å². The number of hydrogen-bond acceptors (Lipinski definition) is 2. The molecule has 0 atom stereocenters. The summed E-state index contributed by atoms with van der Waals surface area (Å²) in [5.74, 6) is 0. The number of ether oxygens (including phenoxy) is 1. The van der Waals surface area contributed by atoms with Gasteiger partial charge in [0, 0.05) is 7.11 Å². The third kappa shape index (κ3) is 9.92. The summed E-state index contributed by atoms with van der Waals surface area (Å²) in [4.78, 5) is 0. The van der Waals surface area contributed by atoms with Gasteiger partial charge in [0.15, 0.2) is 0 Å². The minimum Gasteiger partial charge on any atom is -0.379 e. The van der Waals surface area contributed by atoms with Crippen LogP contribution in [0.5, 0.6) is 0 Å². The second-order valence-electron chi connectivity index (χ2n) is 3.77. The molecule has 0 aromatic carbocycles. The highest BCUT2D eigenvalue weighted by Crippen LogP contribution is 2.02. The molecule has 1 saturated heterocycles. The lowest BCUT2D eigenvalue weighted by Gasteiger charge is -2.14. The molecule has 1 heterocycles. The van der Waals surface area contributed by atoms with Crippen molar-refractivity contribution in [1.29, 1.82) is 0 Å². The predicted octanol–water partition coefficient (Wildman–Crippen LogP) is 1.80. The van der Waals surface area contributed by atoms with Crippen LogP contribution in [0.3, 0.4) is 0 Å². The lowest BCUT2D eigenvalue weighted by Crippen LogP contribution is -2.15.